The normalized spacial score (nSPS) is 11.9. The summed E-state index contributed by atoms with van der Waals surface area (Å²) in [5, 5.41) is 15.4. The lowest BCUT2D eigenvalue weighted by Crippen LogP contribution is -2.11. The van der Waals surface area contributed by atoms with Crippen LogP contribution in [0.1, 0.15) is 15.9 Å². The summed E-state index contributed by atoms with van der Waals surface area (Å²) in [6, 6.07) is 17.9. The topological polar surface area (TPSA) is 64.7 Å². The molecular formula is C27H18F3N5OS. The van der Waals surface area contributed by atoms with Gasteiger partial charge < -0.3 is 5.32 Å². The van der Waals surface area contributed by atoms with Crippen LogP contribution in [0.2, 0.25) is 0 Å². The lowest BCUT2D eigenvalue weighted by Gasteiger charge is -2.09. The van der Waals surface area contributed by atoms with Crippen molar-refractivity contribution in [3.63, 3.8) is 0 Å². The maximum Gasteiger partial charge on any atom is 0.416 e. The summed E-state index contributed by atoms with van der Waals surface area (Å²) < 4.78 is 43.5. The predicted molar refractivity (Wildman–Crippen MR) is 138 cm³/mol. The highest BCUT2D eigenvalue weighted by molar-refractivity contribution is 7.17. The van der Waals surface area contributed by atoms with Crippen LogP contribution in [-0.4, -0.2) is 25.5 Å². The number of benzene rings is 3. The van der Waals surface area contributed by atoms with Crippen LogP contribution in [-0.2, 0) is 13.2 Å². The van der Waals surface area contributed by atoms with Gasteiger partial charge in [-0.15, -0.1) is 11.3 Å². The largest absolute Gasteiger partial charge is 0.416 e. The summed E-state index contributed by atoms with van der Waals surface area (Å²) in [5.41, 5.74) is 2.93. The van der Waals surface area contributed by atoms with E-state index in [4.69, 9.17) is 5.10 Å². The molecule has 3 aromatic carbocycles. The van der Waals surface area contributed by atoms with Crippen molar-refractivity contribution in [2.75, 3.05) is 5.32 Å². The van der Waals surface area contributed by atoms with Crippen molar-refractivity contribution < 1.29 is 18.0 Å². The minimum atomic E-state index is -4.42. The van der Waals surface area contributed by atoms with E-state index in [1.807, 2.05) is 41.9 Å². The smallest absolute Gasteiger partial charge is 0.322 e. The minimum Gasteiger partial charge on any atom is -0.322 e. The second kappa shape index (κ2) is 8.59. The van der Waals surface area contributed by atoms with Gasteiger partial charge in [0, 0.05) is 45.3 Å². The van der Waals surface area contributed by atoms with Gasteiger partial charge in [0.15, 0.2) is 0 Å². The van der Waals surface area contributed by atoms with E-state index in [0.29, 0.717) is 28.1 Å². The van der Waals surface area contributed by atoms with Crippen molar-refractivity contribution in [1.29, 1.82) is 0 Å². The summed E-state index contributed by atoms with van der Waals surface area (Å²) in [6.45, 7) is 0. The SMILES string of the molecule is Cn1cc(-c2nn(-c3ccc(C(F)(F)F)cc3)c3ccc(NC(=O)c4csc5ccccc45)cc23)cn1. The Hall–Kier alpha value is -4.44. The first kappa shape index (κ1) is 23.0. The maximum absolute atomic E-state index is 13.1. The molecule has 0 aliphatic carbocycles. The Morgan fingerprint density at radius 1 is 1.00 bits per heavy atom. The number of anilines is 1. The number of hydrogen-bond donors (Lipinski definition) is 1. The molecule has 1 amide bonds. The van der Waals surface area contributed by atoms with Gasteiger partial charge in [-0.3, -0.25) is 9.48 Å². The molecule has 3 aromatic heterocycles. The molecule has 0 aliphatic heterocycles. The zero-order valence-electron chi connectivity index (χ0n) is 19.3. The second-order valence-corrected chi connectivity index (χ2v) is 9.45. The fourth-order valence-electron chi connectivity index (χ4n) is 4.29. The van der Waals surface area contributed by atoms with Gasteiger partial charge in [-0.05, 0) is 48.5 Å². The van der Waals surface area contributed by atoms with E-state index in [0.717, 1.165) is 33.2 Å². The Balaban J connectivity index is 1.42. The molecule has 6 aromatic rings. The minimum absolute atomic E-state index is 0.227. The fraction of sp³-hybridized carbons (Fsp3) is 0.0741. The molecule has 0 radical (unpaired) electrons. The van der Waals surface area contributed by atoms with Gasteiger partial charge in [-0.2, -0.15) is 23.4 Å². The number of fused-ring (bicyclic) bond motifs is 2. The Morgan fingerprint density at radius 2 is 1.78 bits per heavy atom. The van der Waals surface area contributed by atoms with E-state index < -0.39 is 11.7 Å². The van der Waals surface area contributed by atoms with Crippen LogP contribution in [0.3, 0.4) is 0 Å². The van der Waals surface area contributed by atoms with Crippen LogP contribution in [0.25, 0.3) is 37.9 Å². The van der Waals surface area contributed by atoms with Crippen molar-refractivity contribution in [1.82, 2.24) is 19.6 Å². The Kier molecular flexibility index (Phi) is 5.34. The fourth-order valence-corrected chi connectivity index (χ4v) is 5.23. The number of carbonyl (C=O) groups excluding carboxylic acids is 1. The molecule has 6 nitrogen and oxygen atoms in total. The molecule has 1 N–H and O–H groups in total. The van der Waals surface area contributed by atoms with E-state index in [1.54, 1.807) is 34.7 Å². The third-order valence-corrected chi connectivity index (χ3v) is 7.04. The molecule has 0 spiro atoms. The van der Waals surface area contributed by atoms with Gasteiger partial charge >= 0.3 is 6.18 Å². The van der Waals surface area contributed by atoms with Crippen LogP contribution >= 0.6 is 11.3 Å². The molecule has 10 heteroatoms. The third-order valence-electron chi connectivity index (χ3n) is 6.08. The second-order valence-electron chi connectivity index (χ2n) is 8.54. The van der Waals surface area contributed by atoms with Gasteiger partial charge in [-0.1, -0.05) is 18.2 Å². The number of nitrogens with one attached hydrogen (secondary N) is 1. The summed E-state index contributed by atoms with van der Waals surface area (Å²) in [4.78, 5) is 13.1. The Bertz CT molecular complexity index is 1780. The molecule has 0 atom stereocenters. The number of nitrogens with zero attached hydrogens (tertiary/aromatic N) is 4. The number of aryl methyl sites for hydroxylation is 1. The summed E-state index contributed by atoms with van der Waals surface area (Å²) in [7, 11) is 1.79. The molecular weight excluding hydrogens is 499 g/mol. The van der Waals surface area contributed by atoms with Crippen molar-refractivity contribution in [2.24, 2.45) is 7.05 Å². The number of carbonyl (C=O) groups is 1. The van der Waals surface area contributed by atoms with Crippen LogP contribution < -0.4 is 5.32 Å². The van der Waals surface area contributed by atoms with Crippen molar-refractivity contribution in [3.05, 3.63) is 95.6 Å². The molecule has 37 heavy (non-hydrogen) atoms. The van der Waals surface area contributed by atoms with E-state index >= 15 is 0 Å². The first-order chi connectivity index (χ1) is 17.8. The zero-order valence-corrected chi connectivity index (χ0v) is 20.1. The quantitative estimate of drug-likeness (QED) is 0.276. The van der Waals surface area contributed by atoms with Gasteiger partial charge in [0.1, 0.15) is 5.69 Å². The number of halogens is 3. The number of amides is 1. The molecule has 0 aliphatic rings. The van der Waals surface area contributed by atoms with E-state index in [1.165, 1.54) is 23.5 Å². The van der Waals surface area contributed by atoms with E-state index in [9.17, 15) is 18.0 Å². The van der Waals surface area contributed by atoms with Crippen LogP contribution in [0, 0.1) is 0 Å². The number of alkyl halides is 3. The lowest BCUT2D eigenvalue weighted by molar-refractivity contribution is -0.137. The standard InChI is InChI=1S/C27H18F3N5OS/c1-34-14-16(13-31-34)25-21-12-18(32-26(36)22-15-37-24-5-3-2-4-20(22)24)8-11-23(21)35(33-25)19-9-6-17(7-10-19)27(28,29)30/h2-15H,1H3,(H,32,36). The third kappa shape index (κ3) is 4.15. The summed E-state index contributed by atoms with van der Waals surface area (Å²) in [5.74, 6) is -0.227. The molecule has 0 unspecified atom stereocenters. The van der Waals surface area contributed by atoms with Gasteiger partial charge in [-0.25, -0.2) is 4.68 Å². The molecule has 3 heterocycles. The average Bonchev–Trinajstić information content (AvgIpc) is 3.60. The Labute approximate surface area is 212 Å². The molecule has 0 saturated carbocycles. The number of hydrogen-bond acceptors (Lipinski definition) is 4. The van der Waals surface area contributed by atoms with Crippen LogP contribution in [0.4, 0.5) is 18.9 Å². The van der Waals surface area contributed by atoms with Crippen LogP contribution in [0.5, 0.6) is 0 Å². The average molecular weight is 518 g/mol. The van der Waals surface area contributed by atoms with Gasteiger partial charge in [0.05, 0.1) is 28.5 Å². The molecule has 0 bridgehead atoms. The lowest BCUT2D eigenvalue weighted by atomic mass is 10.1. The number of aromatic nitrogens is 4. The van der Waals surface area contributed by atoms with Crippen LogP contribution in [0.15, 0.2) is 84.5 Å². The monoisotopic (exact) mass is 517 g/mol. The highest BCUT2D eigenvalue weighted by atomic mass is 32.1. The first-order valence-electron chi connectivity index (χ1n) is 11.2. The molecule has 0 saturated heterocycles. The molecule has 184 valence electrons. The highest BCUT2D eigenvalue weighted by Gasteiger charge is 2.30. The van der Waals surface area contributed by atoms with Gasteiger partial charge in [0.25, 0.3) is 5.91 Å². The number of thiophene rings is 1. The molecule has 0 fully saturated rings. The summed E-state index contributed by atoms with van der Waals surface area (Å²) >= 11 is 1.51. The van der Waals surface area contributed by atoms with Gasteiger partial charge in [0.2, 0.25) is 0 Å². The van der Waals surface area contributed by atoms with Crippen molar-refractivity contribution in [2.45, 2.75) is 6.18 Å². The van der Waals surface area contributed by atoms with E-state index in [-0.39, 0.29) is 5.91 Å². The first-order valence-corrected chi connectivity index (χ1v) is 12.1. The summed E-state index contributed by atoms with van der Waals surface area (Å²) in [6.07, 6.45) is -0.949. The highest BCUT2D eigenvalue weighted by Crippen LogP contribution is 2.34. The Morgan fingerprint density at radius 3 is 2.51 bits per heavy atom. The molecule has 6 rings (SSSR count). The van der Waals surface area contributed by atoms with E-state index in [2.05, 4.69) is 10.4 Å². The number of rotatable bonds is 4. The zero-order chi connectivity index (χ0) is 25.7. The maximum atomic E-state index is 13.1. The van der Waals surface area contributed by atoms with Crippen molar-refractivity contribution >= 4 is 43.9 Å². The van der Waals surface area contributed by atoms with Crippen molar-refractivity contribution in [3.8, 4) is 16.9 Å². The predicted octanol–water partition coefficient (Wildman–Crippen LogP) is 6.91.